The third-order valence-electron chi connectivity index (χ3n) is 1.07. The summed E-state index contributed by atoms with van der Waals surface area (Å²) < 4.78 is 0. The standard InChI is InChI=1S/C8H14O/c1-7(2)6-8(3)4-5-9/h5,7H,3-4,6H2,1-2H3. The van der Waals surface area contributed by atoms with E-state index in [9.17, 15) is 4.79 Å². The lowest BCUT2D eigenvalue weighted by atomic mass is 10.0. The third kappa shape index (κ3) is 5.28. The van der Waals surface area contributed by atoms with Crippen LogP contribution in [-0.2, 0) is 4.79 Å². The van der Waals surface area contributed by atoms with Crippen LogP contribution >= 0.6 is 0 Å². The van der Waals surface area contributed by atoms with Crippen molar-refractivity contribution in [3.8, 4) is 0 Å². The van der Waals surface area contributed by atoms with Crippen LogP contribution in [0.5, 0.6) is 0 Å². The Bertz CT molecular complexity index is 103. The van der Waals surface area contributed by atoms with Gasteiger partial charge in [-0.2, -0.15) is 0 Å². The molecule has 0 aromatic rings. The monoisotopic (exact) mass is 126 g/mol. The molecular weight excluding hydrogens is 112 g/mol. The molecule has 52 valence electrons. The molecule has 0 amide bonds. The number of hydrogen-bond acceptors (Lipinski definition) is 1. The summed E-state index contributed by atoms with van der Waals surface area (Å²) in [5.74, 6) is 0.623. The Balaban J connectivity index is 3.38. The first-order chi connectivity index (χ1) is 4.16. The largest absolute Gasteiger partial charge is 0.303 e. The maximum absolute atomic E-state index is 9.94. The fourth-order valence-electron chi connectivity index (χ4n) is 0.779. The molecule has 1 nitrogen and oxygen atoms in total. The molecule has 0 saturated heterocycles. The first kappa shape index (κ1) is 8.41. The molecule has 0 heterocycles. The van der Waals surface area contributed by atoms with Gasteiger partial charge in [0.15, 0.2) is 0 Å². The molecule has 0 unspecified atom stereocenters. The van der Waals surface area contributed by atoms with Crippen LogP contribution in [0, 0.1) is 5.92 Å². The van der Waals surface area contributed by atoms with E-state index < -0.39 is 0 Å². The normalized spacial score (nSPS) is 9.67. The smallest absolute Gasteiger partial charge is 0.124 e. The highest BCUT2D eigenvalue weighted by molar-refractivity contribution is 5.53. The predicted octanol–water partition coefficient (Wildman–Crippen LogP) is 2.18. The number of hydrogen-bond donors (Lipinski definition) is 0. The highest BCUT2D eigenvalue weighted by atomic mass is 16.1. The van der Waals surface area contributed by atoms with Crippen LogP contribution in [0.15, 0.2) is 12.2 Å². The van der Waals surface area contributed by atoms with Crippen molar-refractivity contribution in [2.75, 3.05) is 0 Å². The Labute approximate surface area is 56.8 Å². The summed E-state index contributed by atoms with van der Waals surface area (Å²) in [6.07, 6.45) is 2.40. The number of rotatable bonds is 4. The second kappa shape index (κ2) is 4.30. The number of carbonyl (C=O) groups excluding carboxylic acids is 1. The molecule has 0 bridgehead atoms. The van der Waals surface area contributed by atoms with Gasteiger partial charge in [-0.15, -0.1) is 0 Å². The molecule has 0 spiro atoms. The van der Waals surface area contributed by atoms with Crippen LogP contribution in [0.4, 0.5) is 0 Å². The topological polar surface area (TPSA) is 17.1 Å². The predicted molar refractivity (Wildman–Crippen MR) is 39.3 cm³/mol. The van der Waals surface area contributed by atoms with Crippen LogP contribution in [0.25, 0.3) is 0 Å². The Kier molecular flexibility index (Phi) is 4.02. The Morgan fingerprint density at radius 3 is 2.56 bits per heavy atom. The van der Waals surface area contributed by atoms with Gasteiger partial charge in [-0.05, 0) is 12.3 Å². The molecule has 0 aromatic heterocycles. The molecular formula is C8H14O. The highest BCUT2D eigenvalue weighted by Crippen LogP contribution is 2.09. The molecule has 0 aliphatic rings. The summed E-state index contributed by atoms with van der Waals surface area (Å²) in [4.78, 5) is 9.94. The maximum Gasteiger partial charge on any atom is 0.124 e. The average Bonchev–Trinajstić information content (AvgIpc) is 1.63. The summed E-state index contributed by atoms with van der Waals surface area (Å²) >= 11 is 0. The molecule has 0 fully saturated rings. The number of aldehydes is 1. The second-order valence-electron chi connectivity index (χ2n) is 2.72. The first-order valence-electron chi connectivity index (χ1n) is 3.27. The van der Waals surface area contributed by atoms with Crippen molar-refractivity contribution in [1.82, 2.24) is 0 Å². The molecule has 0 N–H and O–H groups in total. The summed E-state index contributed by atoms with van der Waals surface area (Å²) in [7, 11) is 0. The summed E-state index contributed by atoms with van der Waals surface area (Å²) in [5, 5.41) is 0. The van der Waals surface area contributed by atoms with Gasteiger partial charge in [0.05, 0.1) is 0 Å². The first-order valence-corrected chi connectivity index (χ1v) is 3.27. The van der Waals surface area contributed by atoms with Gasteiger partial charge in [-0.3, -0.25) is 0 Å². The van der Waals surface area contributed by atoms with E-state index in [1.165, 1.54) is 0 Å². The fourth-order valence-corrected chi connectivity index (χ4v) is 0.779. The zero-order valence-electron chi connectivity index (χ0n) is 6.18. The molecule has 9 heavy (non-hydrogen) atoms. The minimum atomic E-state index is 0.526. The van der Waals surface area contributed by atoms with Crippen molar-refractivity contribution >= 4 is 6.29 Å². The van der Waals surface area contributed by atoms with E-state index in [0.717, 1.165) is 18.3 Å². The van der Waals surface area contributed by atoms with E-state index in [4.69, 9.17) is 0 Å². The molecule has 0 rings (SSSR count). The Morgan fingerprint density at radius 1 is 1.67 bits per heavy atom. The number of carbonyl (C=O) groups is 1. The van der Waals surface area contributed by atoms with Crippen molar-refractivity contribution in [3.05, 3.63) is 12.2 Å². The lowest BCUT2D eigenvalue weighted by Crippen LogP contribution is -1.90. The van der Waals surface area contributed by atoms with Crippen molar-refractivity contribution in [2.24, 2.45) is 5.92 Å². The van der Waals surface area contributed by atoms with E-state index in [1.54, 1.807) is 0 Å². The molecule has 0 radical (unpaired) electrons. The zero-order chi connectivity index (χ0) is 7.28. The Hall–Kier alpha value is -0.590. The quantitative estimate of drug-likeness (QED) is 0.417. The molecule has 0 atom stereocenters. The van der Waals surface area contributed by atoms with E-state index in [-0.39, 0.29) is 0 Å². The van der Waals surface area contributed by atoms with E-state index in [0.29, 0.717) is 12.3 Å². The molecule has 0 aromatic carbocycles. The van der Waals surface area contributed by atoms with Crippen LogP contribution in [-0.4, -0.2) is 6.29 Å². The van der Waals surface area contributed by atoms with E-state index in [2.05, 4.69) is 20.4 Å². The van der Waals surface area contributed by atoms with Gasteiger partial charge < -0.3 is 4.79 Å². The number of allylic oxidation sites excluding steroid dienone is 1. The lowest BCUT2D eigenvalue weighted by Gasteiger charge is -2.03. The van der Waals surface area contributed by atoms with Gasteiger partial charge in [0.2, 0.25) is 0 Å². The van der Waals surface area contributed by atoms with Gasteiger partial charge >= 0.3 is 0 Å². The molecule has 0 aliphatic heterocycles. The van der Waals surface area contributed by atoms with Gasteiger partial charge in [0.1, 0.15) is 6.29 Å². The average molecular weight is 126 g/mol. The lowest BCUT2D eigenvalue weighted by molar-refractivity contribution is -0.107. The second-order valence-corrected chi connectivity index (χ2v) is 2.72. The summed E-state index contributed by atoms with van der Waals surface area (Å²) in [6.45, 7) is 8.00. The van der Waals surface area contributed by atoms with Crippen molar-refractivity contribution in [1.29, 1.82) is 0 Å². The van der Waals surface area contributed by atoms with Crippen LogP contribution < -0.4 is 0 Å². The van der Waals surface area contributed by atoms with Crippen molar-refractivity contribution in [2.45, 2.75) is 26.7 Å². The minimum Gasteiger partial charge on any atom is -0.303 e. The van der Waals surface area contributed by atoms with Crippen LogP contribution in [0.2, 0.25) is 0 Å². The minimum absolute atomic E-state index is 0.526. The molecule has 0 saturated carbocycles. The fraction of sp³-hybridized carbons (Fsp3) is 0.625. The van der Waals surface area contributed by atoms with Gasteiger partial charge in [0.25, 0.3) is 0 Å². The van der Waals surface area contributed by atoms with Crippen LogP contribution in [0.3, 0.4) is 0 Å². The van der Waals surface area contributed by atoms with Gasteiger partial charge in [0, 0.05) is 6.42 Å². The summed E-state index contributed by atoms with van der Waals surface area (Å²) in [6, 6.07) is 0. The van der Waals surface area contributed by atoms with Crippen molar-refractivity contribution in [3.63, 3.8) is 0 Å². The third-order valence-corrected chi connectivity index (χ3v) is 1.07. The molecule has 1 heteroatoms. The maximum atomic E-state index is 9.94. The molecule has 0 aliphatic carbocycles. The van der Waals surface area contributed by atoms with Crippen LogP contribution in [0.1, 0.15) is 26.7 Å². The van der Waals surface area contributed by atoms with E-state index >= 15 is 0 Å². The van der Waals surface area contributed by atoms with E-state index in [1.807, 2.05) is 0 Å². The Morgan fingerprint density at radius 2 is 2.22 bits per heavy atom. The zero-order valence-corrected chi connectivity index (χ0v) is 6.18. The van der Waals surface area contributed by atoms with Gasteiger partial charge in [-0.25, -0.2) is 0 Å². The summed E-state index contributed by atoms with van der Waals surface area (Å²) in [5.41, 5.74) is 1.04. The van der Waals surface area contributed by atoms with Crippen molar-refractivity contribution < 1.29 is 4.79 Å². The SMILES string of the molecule is C=C(CC=O)CC(C)C. The van der Waals surface area contributed by atoms with Gasteiger partial charge in [-0.1, -0.05) is 26.0 Å². The highest BCUT2D eigenvalue weighted by Gasteiger charge is 1.96.